The Morgan fingerprint density at radius 1 is 1.00 bits per heavy atom. The van der Waals surface area contributed by atoms with Gasteiger partial charge in [-0.3, -0.25) is 4.79 Å². The Bertz CT molecular complexity index is 1090. The average Bonchev–Trinajstić information content (AvgIpc) is 3.10. The van der Waals surface area contributed by atoms with Crippen LogP contribution in [0.5, 0.6) is 0 Å². The molecule has 0 atom stereocenters. The first-order chi connectivity index (χ1) is 13.2. The first kappa shape index (κ1) is 17.0. The molecule has 0 aliphatic heterocycles. The highest BCUT2D eigenvalue weighted by molar-refractivity contribution is 5.85. The quantitative estimate of drug-likeness (QED) is 0.571. The maximum Gasteiger partial charge on any atom is 0.221 e. The lowest BCUT2D eigenvalue weighted by atomic mass is 10.0. The van der Waals surface area contributed by atoms with Gasteiger partial charge in [-0.05, 0) is 41.8 Å². The van der Waals surface area contributed by atoms with E-state index in [0.29, 0.717) is 12.8 Å². The molecule has 0 saturated carbocycles. The first-order valence-corrected chi connectivity index (χ1v) is 8.93. The fourth-order valence-electron chi connectivity index (χ4n) is 3.24. The van der Waals surface area contributed by atoms with Gasteiger partial charge in [0.05, 0.1) is 5.52 Å². The van der Waals surface area contributed by atoms with Gasteiger partial charge in [0.1, 0.15) is 11.6 Å². The van der Waals surface area contributed by atoms with Crippen LogP contribution in [0.3, 0.4) is 0 Å². The second-order valence-electron chi connectivity index (χ2n) is 6.55. The standard InChI is InChI=1S/C22H20N4O/c23-22-24-12-10-21(25-22)26-13-11-18-14-17(7-9-20(18)26)15-19(27)8-6-16-4-2-1-3-5-16/h1-5,7,9-14H,6,8,15H2,(H2,23,24,25). The molecule has 134 valence electrons. The number of aryl methyl sites for hydroxylation is 1. The Morgan fingerprint density at radius 3 is 2.67 bits per heavy atom. The van der Waals surface area contributed by atoms with Crippen LogP contribution < -0.4 is 5.73 Å². The summed E-state index contributed by atoms with van der Waals surface area (Å²) < 4.78 is 1.97. The summed E-state index contributed by atoms with van der Waals surface area (Å²) in [7, 11) is 0. The molecule has 2 aromatic heterocycles. The molecule has 5 heteroatoms. The molecule has 4 aromatic rings. The topological polar surface area (TPSA) is 73.8 Å². The van der Waals surface area contributed by atoms with E-state index in [-0.39, 0.29) is 11.7 Å². The summed E-state index contributed by atoms with van der Waals surface area (Å²) in [5, 5.41) is 1.07. The van der Waals surface area contributed by atoms with Gasteiger partial charge in [0, 0.05) is 30.6 Å². The lowest BCUT2D eigenvalue weighted by Crippen LogP contribution is -2.04. The zero-order valence-corrected chi connectivity index (χ0v) is 14.9. The van der Waals surface area contributed by atoms with E-state index < -0.39 is 0 Å². The lowest BCUT2D eigenvalue weighted by Gasteiger charge is -2.06. The van der Waals surface area contributed by atoms with Crippen molar-refractivity contribution in [2.45, 2.75) is 19.3 Å². The van der Waals surface area contributed by atoms with Gasteiger partial charge in [-0.15, -0.1) is 0 Å². The molecular formula is C22H20N4O. The van der Waals surface area contributed by atoms with E-state index in [1.807, 2.05) is 53.2 Å². The van der Waals surface area contributed by atoms with Gasteiger partial charge in [0.25, 0.3) is 0 Å². The van der Waals surface area contributed by atoms with E-state index in [1.54, 1.807) is 6.20 Å². The Morgan fingerprint density at radius 2 is 1.85 bits per heavy atom. The maximum absolute atomic E-state index is 12.3. The van der Waals surface area contributed by atoms with Crippen LogP contribution in [0.4, 0.5) is 5.95 Å². The van der Waals surface area contributed by atoms with Gasteiger partial charge in [0.2, 0.25) is 5.95 Å². The molecule has 0 saturated heterocycles. The average molecular weight is 356 g/mol. The third-order valence-corrected chi connectivity index (χ3v) is 4.60. The number of benzene rings is 2. The fourth-order valence-corrected chi connectivity index (χ4v) is 3.24. The number of carbonyl (C=O) groups excluding carboxylic acids is 1. The highest BCUT2D eigenvalue weighted by Crippen LogP contribution is 2.21. The highest BCUT2D eigenvalue weighted by Gasteiger charge is 2.09. The minimum Gasteiger partial charge on any atom is -0.368 e. The van der Waals surface area contributed by atoms with Crippen molar-refractivity contribution >= 4 is 22.6 Å². The SMILES string of the molecule is Nc1nccc(-n2ccc3cc(CC(=O)CCc4ccccc4)ccc32)n1. The van der Waals surface area contributed by atoms with E-state index in [1.165, 1.54) is 5.56 Å². The van der Waals surface area contributed by atoms with Crippen molar-refractivity contribution in [1.82, 2.24) is 14.5 Å². The Hall–Kier alpha value is -3.47. The number of nitrogen functional groups attached to an aromatic ring is 1. The molecule has 0 aliphatic rings. The zero-order chi connectivity index (χ0) is 18.6. The second kappa shape index (κ2) is 7.41. The van der Waals surface area contributed by atoms with Crippen molar-refractivity contribution in [2.75, 3.05) is 5.73 Å². The van der Waals surface area contributed by atoms with Gasteiger partial charge in [0.15, 0.2) is 0 Å². The third kappa shape index (κ3) is 3.87. The number of hydrogen-bond donors (Lipinski definition) is 1. The summed E-state index contributed by atoms with van der Waals surface area (Å²) in [5.41, 5.74) is 8.93. The minimum atomic E-state index is 0.245. The predicted octanol–water partition coefficient (Wildman–Crippen LogP) is 3.75. The number of ketones is 1. The minimum absolute atomic E-state index is 0.245. The van der Waals surface area contributed by atoms with Crippen LogP contribution >= 0.6 is 0 Å². The largest absolute Gasteiger partial charge is 0.368 e. The zero-order valence-electron chi connectivity index (χ0n) is 14.9. The molecule has 0 unspecified atom stereocenters. The second-order valence-corrected chi connectivity index (χ2v) is 6.55. The van der Waals surface area contributed by atoms with Crippen LogP contribution in [0.25, 0.3) is 16.7 Å². The monoisotopic (exact) mass is 356 g/mol. The van der Waals surface area contributed by atoms with Crippen molar-refractivity contribution in [3.63, 3.8) is 0 Å². The number of nitrogens with two attached hydrogens (primary N) is 1. The predicted molar refractivity (Wildman–Crippen MR) is 107 cm³/mol. The molecule has 0 spiro atoms. The Labute approximate surface area is 157 Å². The molecule has 0 radical (unpaired) electrons. The molecule has 2 N–H and O–H groups in total. The van der Waals surface area contributed by atoms with Crippen LogP contribution in [0.2, 0.25) is 0 Å². The molecule has 0 bridgehead atoms. The molecule has 2 heterocycles. The normalized spacial score (nSPS) is 11.0. The number of aromatic nitrogens is 3. The number of nitrogens with zero attached hydrogens (tertiary/aromatic N) is 3. The van der Waals surface area contributed by atoms with E-state index in [0.717, 1.165) is 28.7 Å². The van der Waals surface area contributed by atoms with Gasteiger partial charge in [-0.1, -0.05) is 36.4 Å². The van der Waals surface area contributed by atoms with Gasteiger partial charge in [-0.2, -0.15) is 4.98 Å². The van der Waals surface area contributed by atoms with Crippen LogP contribution in [0, 0.1) is 0 Å². The van der Waals surface area contributed by atoms with Crippen molar-refractivity contribution in [3.8, 4) is 5.82 Å². The summed E-state index contributed by atoms with van der Waals surface area (Å²) in [6.45, 7) is 0. The smallest absolute Gasteiger partial charge is 0.221 e. The molecule has 2 aromatic carbocycles. The molecule has 0 amide bonds. The van der Waals surface area contributed by atoms with Crippen LogP contribution in [0.15, 0.2) is 73.1 Å². The number of rotatable bonds is 6. The number of Topliss-reactive ketones (excluding diaryl/α,β-unsaturated/α-hetero) is 1. The van der Waals surface area contributed by atoms with Crippen LogP contribution in [0.1, 0.15) is 17.5 Å². The third-order valence-electron chi connectivity index (χ3n) is 4.60. The fraction of sp³-hybridized carbons (Fsp3) is 0.136. The van der Waals surface area contributed by atoms with Crippen molar-refractivity contribution in [3.05, 3.63) is 84.2 Å². The molecule has 0 fully saturated rings. The van der Waals surface area contributed by atoms with Crippen LogP contribution in [-0.2, 0) is 17.6 Å². The van der Waals surface area contributed by atoms with Gasteiger partial charge >= 0.3 is 0 Å². The highest BCUT2D eigenvalue weighted by atomic mass is 16.1. The van der Waals surface area contributed by atoms with Gasteiger partial charge in [-0.25, -0.2) is 4.98 Å². The summed E-state index contributed by atoms with van der Waals surface area (Å²) in [4.78, 5) is 20.5. The number of fused-ring (bicyclic) bond motifs is 1. The molecular weight excluding hydrogens is 336 g/mol. The number of anilines is 1. The number of carbonyl (C=O) groups is 1. The summed E-state index contributed by atoms with van der Waals surface area (Å²) >= 11 is 0. The summed E-state index contributed by atoms with van der Waals surface area (Å²) in [6.07, 6.45) is 5.39. The molecule has 27 heavy (non-hydrogen) atoms. The van der Waals surface area contributed by atoms with Gasteiger partial charge < -0.3 is 10.3 Å². The Balaban J connectivity index is 1.48. The summed E-state index contributed by atoms with van der Waals surface area (Å²) in [5.74, 6) is 1.22. The molecule has 5 nitrogen and oxygen atoms in total. The van der Waals surface area contributed by atoms with Crippen molar-refractivity contribution in [1.29, 1.82) is 0 Å². The first-order valence-electron chi connectivity index (χ1n) is 8.93. The van der Waals surface area contributed by atoms with E-state index >= 15 is 0 Å². The van der Waals surface area contributed by atoms with Crippen molar-refractivity contribution in [2.24, 2.45) is 0 Å². The maximum atomic E-state index is 12.3. The van der Waals surface area contributed by atoms with Crippen molar-refractivity contribution < 1.29 is 4.79 Å². The van der Waals surface area contributed by atoms with Crippen LogP contribution in [-0.4, -0.2) is 20.3 Å². The molecule has 0 aliphatic carbocycles. The Kier molecular flexibility index (Phi) is 4.66. The van der Waals surface area contributed by atoms with E-state index in [4.69, 9.17) is 5.73 Å². The van der Waals surface area contributed by atoms with E-state index in [9.17, 15) is 4.79 Å². The van der Waals surface area contributed by atoms with E-state index in [2.05, 4.69) is 28.2 Å². The molecule has 4 rings (SSSR count). The lowest BCUT2D eigenvalue weighted by molar-refractivity contribution is -0.118. The summed E-state index contributed by atoms with van der Waals surface area (Å²) in [6, 6.07) is 20.0. The number of hydrogen-bond acceptors (Lipinski definition) is 4.